The number of hydrogen-bond donors (Lipinski definition) is 0. The van der Waals surface area contributed by atoms with Gasteiger partial charge in [-0.2, -0.15) is 0 Å². The summed E-state index contributed by atoms with van der Waals surface area (Å²) in [4.78, 5) is 22.0. The predicted octanol–water partition coefficient (Wildman–Crippen LogP) is 2.73. The first-order valence-electron chi connectivity index (χ1n) is 6.38. The second kappa shape index (κ2) is 10.5. The van der Waals surface area contributed by atoms with Crippen LogP contribution in [0.15, 0.2) is 0 Å². The van der Waals surface area contributed by atoms with Crippen molar-refractivity contribution < 1.29 is 9.72 Å². The van der Waals surface area contributed by atoms with E-state index in [1.165, 1.54) is 12.8 Å². The van der Waals surface area contributed by atoms with E-state index in [2.05, 4.69) is 0 Å². The zero-order valence-corrected chi connectivity index (χ0v) is 14.0. The summed E-state index contributed by atoms with van der Waals surface area (Å²) in [5, 5.41) is 10.8. The largest absolute Gasteiger partial charge is 2.00 e. The molecule has 1 saturated carbocycles. The van der Waals surface area contributed by atoms with Gasteiger partial charge in [0.1, 0.15) is 0 Å². The maximum Gasteiger partial charge on any atom is 2.00 e. The van der Waals surface area contributed by atoms with Gasteiger partial charge in [-0.05, 0) is 12.8 Å². The Labute approximate surface area is 140 Å². The van der Waals surface area contributed by atoms with Gasteiger partial charge in [0.25, 0.3) is 6.04 Å². The Morgan fingerprint density at radius 1 is 0.941 bits per heavy atom. The zero-order chi connectivity index (χ0) is 11.8. The van der Waals surface area contributed by atoms with E-state index in [9.17, 15) is 14.9 Å². The number of Topliss-reactive ketones (excluding diaryl/α,β-unsaturated/α-hetero) is 1. The summed E-state index contributed by atoms with van der Waals surface area (Å²) < 4.78 is 0. The molecule has 0 aliphatic heterocycles. The van der Waals surface area contributed by atoms with Crippen LogP contribution in [-0.2, 0) is 4.79 Å². The predicted molar refractivity (Wildman–Crippen MR) is 67.7 cm³/mol. The Morgan fingerprint density at radius 2 is 1.41 bits per heavy atom. The van der Waals surface area contributed by atoms with Gasteiger partial charge in [-0.3, -0.25) is 14.9 Å². The van der Waals surface area contributed by atoms with Crippen LogP contribution in [0.1, 0.15) is 64.2 Å². The van der Waals surface area contributed by atoms with Crippen LogP contribution >= 0.6 is 0 Å². The van der Waals surface area contributed by atoms with Crippen molar-refractivity contribution in [3.05, 3.63) is 10.1 Å². The molecule has 92 valence electrons. The summed E-state index contributed by atoms with van der Waals surface area (Å²) in [5.41, 5.74) is 0. The number of nitro groups is 1. The second-order valence-corrected chi connectivity index (χ2v) is 4.63. The number of ketones is 1. The summed E-state index contributed by atoms with van der Waals surface area (Å²) in [6.07, 6.45) is 9.32. The quantitative estimate of drug-likeness (QED) is 0.425. The third-order valence-corrected chi connectivity index (χ3v) is 3.28. The minimum absolute atomic E-state index is 0. The van der Waals surface area contributed by atoms with Gasteiger partial charge in [-0.1, -0.05) is 38.5 Å². The Hall–Kier alpha value is 0.551. The van der Waals surface area contributed by atoms with E-state index in [0.717, 1.165) is 38.5 Å². The first-order valence-corrected chi connectivity index (χ1v) is 6.38. The molecule has 1 unspecified atom stereocenters. The first-order chi connectivity index (χ1) is 7.72. The van der Waals surface area contributed by atoms with Gasteiger partial charge < -0.3 is 0 Å². The molecule has 0 radical (unpaired) electrons. The molecule has 0 aromatic heterocycles. The molecule has 1 rings (SSSR count). The van der Waals surface area contributed by atoms with Crippen LogP contribution in [0.5, 0.6) is 0 Å². The molecular formula is C12H21NO3Sr+2. The fourth-order valence-electron chi connectivity index (χ4n) is 2.25. The van der Waals surface area contributed by atoms with Crippen LogP contribution in [-0.4, -0.2) is 62.2 Å². The molecule has 1 fully saturated rings. The van der Waals surface area contributed by atoms with E-state index in [-0.39, 0.29) is 51.3 Å². The third kappa shape index (κ3) is 7.54. The van der Waals surface area contributed by atoms with Crippen molar-refractivity contribution in [2.24, 2.45) is 0 Å². The minimum atomic E-state index is -0.931. The molecule has 1 aliphatic rings. The maximum absolute atomic E-state index is 11.6. The van der Waals surface area contributed by atoms with E-state index < -0.39 is 11.0 Å². The van der Waals surface area contributed by atoms with Crippen molar-refractivity contribution >= 4 is 51.3 Å². The normalized spacial score (nSPS) is 24.0. The smallest absolute Gasteiger partial charge is 0.292 e. The monoisotopic (exact) mass is 315 g/mol. The third-order valence-electron chi connectivity index (χ3n) is 3.28. The molecule has 0 saturated heterocycles. The van der Waals surface area contributed by atoms with Gasteiger partial charge in [-0.15, -0.1) is 0 Å². The number of carbonyl (C=O) groups excluding carboxylic acids is 1. The van der Waals surface area contributed by atoms with E-state index >= 15 is 0 Å². The van der Waals surface area contributed by atoms with E-state index in [0.29, 0.717) is 12.8 Å². The standard InChI is InChI=1S/C12H21NO3.Sr/c14-12-10-8-6-4-2-1-3-5-7-9-11(12)13(15)16;/h11H,1-10H2;/q;+2. The first kappa shape index (κ1) is 17.6. The van der Waals surface area contributed by atoms with Gasteiger partial charge in [-0.25, -0.2) is 0 Å². The summed E-state index contributed by atoms with van der Waals surface area (Å²) in [7, 11) is 0. The molecule has 0 spiro atoms. The zero-order valence-electron chi connectivity index (χ0n) is 10.5. The number of nitrogens with zero attached hydrogens (tertiary/aromatic N) is 1. The van der Waals surface area contributed by atoms with Crippen molar-refractivity contribution in [2.45, 2.75) is 70.3 Å². The summed E-state index contributed by atoms with van der Waals surface area (Å²) in [6.45, 7) is 0. The van der Waals surface area contributed by atoms with Gasteiger partial charge in [0, 0.05) is 17.8 Å². The fraction of sp³-hybridized carbons (Fsp3) is 0.917. The molecule has 0 amide bonds. The van der Waals surface area contributed by atoms with Crippen LogP contribution in [0.25, 0.3) is 0 Å². The molecule has 1 aliphatic carbocycles. The average molecular weight is 315 g/mol. The number of hydrogen-bond acceptors (Lipinski definition) is 3. The van der Waals surface area contributed by atoms with E-state index in [4.69, 9.17) is 0 Å². The van der Waals surface area contributed by atoms with Crippen molar-refractivity contribution in [3.8, 4) is 0 Å². The van der Waals surface area contributed by atoms with Gasteiger partial charge in [0.05, 0.1) is 0 Å². The molecule has 5 heteroatoms. The fourth-order valence-corrected chi connectivity index (χ4v) is 2.25. The van der Waals surface area contributed by atoms with Crippen LogP contribution < -0.4 is 0 Å². The van der Waals surface area contributed by atoms with Gasteiger partial charge in [0.15, 0.2) is 0 Å². The molecule has 17 heavy (non-hydrogen) atoms. The van der Waals surface area contributed by atoms with Crippen molar-refractivity contribution in [1.82, 2.24) is 0 Å². The Bertz CT molecular complexity index is 246. The summed E-state index contributed by atoms with van der Waals surface area (Å²) >= 11 is 0. The summed E-state index contributed by atoms with van der Waals surface area (Å²) in [5.74, 6) is -0.162. The van der Waals surface area contributed by atoms with Gasteiger partial charge in [0.2, 0.25) is 5.78 Å². The minimum Gasteiger partial charge on any atom is -0.292 e. The van der Waals surface area contributed by atoms with Crippen molar-refractivity contribution in [2.75, 3.05) is 0 Å². The van der Waals surface area contributed by atoms with Crippen molar-refractivity contribution in [3.63, 3.8) is 0 Å². The van der Waals surface area contributed by atoms with Crippen LogP contribution in [0.2, 0.25) is 0 Å². The Balaban J connectivity index is 0.00000256. The Kier molecular flexibility index (Phi) is 10.8. The molecule has 1 atom stereocenters. The van der Waals surface area contributed by atoms with Crippen molar-refractivity contribution in [1.29, 1.82) is 0 Å². The van der Waals surface area contributed by atoms with Crippen LogP contribution in [0.3, 0.4) is 0 Å². The molecule has 0 aromatic carbocycles. The number of rotatable bonds is 1. The second-order valence-electron chi connectivity index (χ2n) is 4.63. The van der Waals surface area contributed by atoms with Gasteiger partial charge >= 0.3 is 45.5 Å². The van der Waals surface area contributed by atoms with E-state index in [1.807, 2.05) is 0 Å². The van der Waals surface area contributed by atoms with Crippen LogP contribution in [0, 0.1) is 10.1 Å². The summed E-state index contributed by atoms with van der Waals surface area (Å²) in [6, 6.07) is -0.931. The maximum atomic E-state index is 11.6. The molecule has 0 N–H and O–H groups in total. The Morgan fingerprint density at radius 3 is 1.94 bits per heavy atom. The van der Waals surface area contributed by atoms with Crippen LogP contribution in [0.4, 0.5) is 0 Å². The number of carbonyl (C=O) groups is 1. The SMILES string of the molecule is O=C1CCCCCCCCCCC1[N+](=O)[O-].[Sr+2]. The van der Waals surface area contributed by atoms with E-state index in [1.54, 1.807) is 0 Å². The molecule has 0 heterocycles. The average Bonchev–Trinajstić information content (AvgIpc) is 2.22. The molecule has 4 nitrogen and oxygen atoms in total. The molecule has 0 bridgehead atoms. The topological polar surface area (TPSA) is 60.2 Å². The molecular weight excluding hydrogens is 294 g/mol. The molecule has 0 aromatic rings.